The lowest BCUT2D eigenvalue weighted by atomic mass is 9.73. The van der Waals surface area contributed by atoms with Crippen LogP contribution < -0.4 is 20.1 Å². The van der Waals surface area contributed by atoms with Crippen molar-refractivity contribution >= 4 is 22.9 Å². The first kappa shape index (κ1) is 24.4. The number of phenols is 1. The molecule has 0 bridgehead atoms. The monoisotopic (exact) mass is 498 g/mol. The number of phenolic OH excluding ortho intramolecular Hbond substituents is 1. The Balaban J connectivity index is 1.64. The number of hydrogen-bond donors (Lipinski definition) is 3. The van der Waals surface area contributed by atoms with Crippen LogP contribution >= 0.6 is 0 Å². The number of nitrogens with one attached hydrogen (secondary N) is 2. The highest BCUT2D eigenvalue weighted by molar-refractivity contribution is 6.10. The fourth-order valence-corrected chi connectivity index (χ4v) is 5.17. The molecule has 0 radical (unpaired) electrons. The number of fused-ring (bicyclic) bond motifs is 1. The van der Waals surface area contributed by atoms with Gasteiger partial charge in [-0.3, -0.25) is 9.59 Å². The van der Waals surface area contributed by atoms with Gasteiger partial charge in [0.15, 0.2) is 23.1 Å². The maximum absolute atomic E-state index is 13.6. The quantitative estimate of drug-likeness (QED) is 0.379. The lowest BCUT2D eigenvalue weighted by Gasteiger charge is -2.34. The molecule has 0 saturated heterocycles. The number of ketones is 2. The Kier molecular flexibility index (Phi) is 6.15. The average Bonchev–Trinajstić information content (AvgIpc) is 3.04. The first-order valence-corrected chi connectivity index (χ1v) is 12.2. The summed E-state index contributed by atoms with van der Waals surface area (Å²) in [5.74, 6) is 0.366. The Bertz CT molecular complexity index is 1400. The van der Waals surface area contributed by atoms with Crippen LogP contribution in [0.25, 0.3) is 0 Å². The first-order chi connectivity index (χ1) is 17.7. The Labute approximate surface area is 216 Å². The van der Waals surface area contributed by atoms with Crippen LogP contribution in [0.3, 0.4) is 0 Å². The summed E-state index contributed by atoms with van der Waals surface area (Å²) in [6.07, 6.45) is 1.07. The molecule has 0 spiro atoms. The number of rotatable bonds is 5. The van der Waals surface area contributed by atoms with Crippen LogP contribution in [-0.2, 0) is 4.79 Å². The summed E-state index contributed by atoms with van der Waals surface area (Å²) in [6.45, 7) is 4.15. The topological polar surface area (TPSA) is 96.9 Å². The molecule has 1 aliphatic heterocycles. The van der Waals surface area contributed by atoms with Crippen LogP contribution in [0, 0.1) is 5.41 Å². The minimum absolute atomic E-state index is 0.0376. The zero-order valence-electron chi connectivity index (χ0n) is 21.3. The Hall–Kier alpha value is -4.26. The minimum Gasteiger partial charge on any atom is -0.502 e. The molecule has 0 amide bonds. The predicted octanol–water partition coefficient (Wildman–Crippen LogP) is 5.86. The van der Waals surface area contributed by atoms with Crippen molar-refractivity contribution in [1.82, 2.24) is 0 Å². The molecule has 190 valence electrons. The third-order valence-corrected chi connectivity index (χ3v) is 6.95. The number of carbonyl (C=O) groups is 2. The fraction of sp³-hybridized carbons (Fsp3) is 0.267. The van der Waals surface area contributed by atoms with Gasteiger partial charge in [0.05, 0.1) is 31.6 Å². The predicted molar refractivity (Wildman–Crippen MR) is 143 cm³/mol. The number of hydrogen-bond acceptors (Lipinski definition) is 7. The molecule has 3 aromatic rings. The summed E-state index contributed by atoms with van der Waals surface area (Å²) in [4.78, 5) is 26.7. The Morgan fingerprint density at radius 3 is 2.24 bits per heavy atom. The Morgan fingerprint density at radius 1 is 0.919 bits per heavy atom. The number of aromatic hydroxyl groups is 1. The lowest BCUT2D eigenvalue weighted by molar-refractivity contribution is -0.118. The highest BCUT2D eigenvalue weighted by atomic mass is 16.5. The second-order valence-electron chi connectivity index (χ2n) is 10.3. The molecule has 7 heteroatoms. The van der Waals surface area contributed by atoms with Crippen molar-refractivity contribution in [2.75, 3.05) is 24.9 Å². The van der Waals surface area contributed by atoms with Gasteiger partial charge in [0.25, 0.3) is 0 Å². The second kappa shape index (κ2) is 9.32. The van der Waals surface area contributed by atoms with Gasteiger partial charge < -0.3 is 25.2 Å². The number of methoxy groups -OCH3 is 2. The van der Waals surface area contributed by atoms with Crippen molar-refractivity contribution in [1.29, 1.82) is 0 Å². The van der Waals surface area contributed by atoms with E-state index in [1.165, 1.54) is 14.2 Å². The molecule has 5 rings (SSSR count). The third kappa shape index (κ3) is 4.53. The van der Waals surface area contributed by atoms with E-state index in [-0.39, 0.29) is 34.2 Å². The van der Waals surface area contributed by atoms with Crippen LogP contribution in [0.1, 0.15) is 54.2 Å². The fourth-order valence-electron chi connectivity index (χ4n) is 5.17. The summed E-state index contributed by atoms with van der Waals surface area (Å²) >= 11 is 0. The number of allylic oxidation sites excluding steroid dienone is 1. The number of ether oxygens (including phenoxy) is 2. The van der Waals surface area contributed by atoms with Crippen LogP contribution in [-0.4, -0.2) is 30.9 Å². The van der Waals surface area contributed by atoms with Crippen LogP contribution in [0.2, 0.25) is 0 Å². The summed E-state index contributed by atoms with van der Waals surface area (Å²) < 4.78 is 10.8. The SMILES string of the molecule is COc1cc([C@@H]2Nc3ccc(C(=O)c4ccccc4)cc3NC3=C2C(=O)CC(C)(C)C3)cc(OC)c1O. The summed E-state index contributed by atoms with van der Waals surface area (Å²) in [7, 11) is 2.94. The van der Waals surface area contributed by atoms with Crippen LogP contribution in [0.15, 0.2) is 71.9 Å². The molecule has 1 aliphatic carbocycles. The number of benzene rings is 3. The Morgan fingerprint density at radius 2 is 1.59 bits per heavy atom. The maximum Gasteiger partial charge on any atom is 0.200 e. The largest absolute Gasteiger partial charge is 0.502 e. The maximum atomic E-state index is 13.6. The molecule has 0 unspecified atom stereocenters. The molecule has 37 heavy (non-hydrogen) atoms. The van der Waals surface area contributed by atoms with Crippen LogP contribution in [0.5, 0.6) is 17.2 Å². The van der Waals surface area contributed by atoms with Crippen molar-refractivity contribution < 1.29 is 24.2 Å². The average molecular weight is 499 g/mol. The molecule has 0 fully saturated rings. The van der Waals surface area contributed by atoms with E-state index < -0.39 is 6.04 Å². The van der Waals surface area contributed by atoms with E-state index in [4.69, 9.17) is 9.47 Å². The minimum atomic E-state index is -0.522. The van der Waals surface area contributed by atoms with Gasteiger partial charge in [-0.15, -0.1) is 0 Å². The van der Waals surface area contributed by atoms with E-state index in [2.05, 4.69) is 24.5 Å². The molecule has 1 heterocycles. The first-order valence-electron chi connectivity index (χ1n) is 12.2. The van der Waals surface area contributed by atoms with Crippen molar-refractivity contribution in [2.45, 2.75) is 32.7 Å². The molecule has 0 saturated carbocycles. The van der Waals surface area contributed by atoms with Crippen molar-refractivity contribution in [3.63, 3.8) is 0 Å². The molecule has 3 aromatic carbocycles. The lowest BCUT2D eigenvalue weighted by Crippen LogP contribution is -2.31. The van der Waals surface area contributed by atoms with E-state index in [1.54, 1.807) is 30.3 Å². The molecule has 0 aromatic heterocycles. The van der Waals surface area contributed by atoms with Crippen LogP contribution in [0.4, 0.5) is 11.4 Å². The van der Waals surface area contributed by atoms with Gasteiger partial charge in [-0.1, -0.05) is 44.2 Å². The van der Waals surface area contributed by atoms with Gasteiger partial charge in [0, 0.05) is 28.8 Å². The molecule has 2 aliphatic rings. The van der Waals surface area contributed by atoms with Gasteiger partial charge in [-0.05, 0) is 47.7 Å². The van der Waals surface area contributed by atoms with E-state index in [1.807, 2.05) is 30.3 Å². The normalized spacial score (nSPS) is 18.1. The molecular formula is C30H30N2O5. The van der Waals surface area contributed by atoms with Gasteiger partial charge in [-0.25, -0.2) is 0 Å². The number of carbonyl (C=O) groups excluding carboxylic acids is 2. The highest BCUT2D eigenvalue weighted by Gasteiger charge is 2.39. The smallest absolute Gasteiger partial charge is 0.200 e. The zero-order valence-corrected chi connectivity index (χ0v) is 21.3. The van der Waals surface area contributed by atoms with E-state index in [9.17, 15) is 14.7 Å². The molecular weight excluding hydrogens is 468 g/mol. The van der Waals surface area contributed by atoms with E-state index in [0.29, 0.717) is 35.1 Å². The summed E-state index contributed by atoms with van der Waals surface area (Å²) in [6, 6.07) is 17.5. The van der Waals surface area contributed by atoms with Gasteiger partial charge in [-0.2, -0.15) is 0 Å². The van der Waals surface area contributed by atoms with E-state index in [0.717, 1.165) is 17.1 Å². The summed E-state index contributed by atoms with van der Waals surface area (Å²) in [5.41, 5.74) is 4.56. The number of anilines is 2. The standard InChI is InChI=1S/C30H30N2O5/c1-30(2)15-22-26(23(33)16-30)27(19-13-24(36-3)29(35)25(14-19)37-4)32-20-11-10-18(12-21(20)31-22)28(34)17-8-6-5-7-9-17/h5-14,27,31-32,35H,15-16H2,1-4H3/t27-/m0/s1. The van der Waals surface area contributed by atoms with Crippen molar-refractivity contribution in [3.8, 4) is 17.2 Å². The molecule has 1 atom stereocenters. The third-order valence-electron chi connectivity index (χ3n) is 6.95. The van der Waals surface area contributed by atoms with Crippen molar-refractivity contribution in [2.24, 2.45) is 5.41 Å². The van der Waals surface area contributed by atoms with Crippen molar-refractivity contribution in [3.05, 3.63) is 88.6 Å². The summed E-state index contributed by atoms with van der Waals surface area (Å²) in [5, 5.41) is 17.5. The molecule has 7 nitrogen and oxygen atoms in total. The molecule has 3 N–H and O–H groups in total. The number of Topliss-reactive ketones (excluding diaryl/α,β-unsaturated/α-hetero) is 1. The second-order valence-corrected chi connectivity index (χ2v) is 10.3. The van der Waals surface area contributed by atoms with Gasteiger partial charge in [0.2, 0.25) is 5.75 Å². The van der Waals surface area contributed by atoms with E-state index >= 15 is 0 Å². The van der Waals surface area contributed by atoms with Gasteiger partial charge in [0.1, 0.15) is 0 Å². The van der Waals surface area contributed by atoms with Gasteiger partial charge >= 0.3 is 0 Å². The highest BCUT2D eigenvalue weighted by Crippen LogP contribution is 2.48. The zero-order chi connectivity index (χ0) is 26.3.